The van der Waals surface area contributed by atoms with E-state index in [0.29, 0.717) is 34.0 Å². The molecule has 1 heterocycles. The van der Waals surface area contributed by atoms with Gasteiger partial charge in [-0.25, -0.2) is 0 Å². The molecule has 0 aromatic heterocycles. The number of halogens is 1. The van der Waals surface area contributed by atoms with E-state index in [9.17, 15) is 4.79 Å². The Kier molecular flexibility index (Phi) is 6.39. The topological polar surface area (TPSA) is 50.8 Å². The van der Waals surface area contributed by atoms with Crippen LogP contribution in [0, 0.1) is 0 Å². The van der Waals surface area contributed by atoms with Crippen molar-refractivity contribution in [2.75, 3.05) is 37.5 Å². The number of thioether (sulfide) groups is 1. The summed E-state index contributed by atoms with van der Waals surface area (Å²) in [5.74, 6) is 1.10. The number of para-hydroxylation sites is 1. The number of ether oxygens (including phenoxy) is 2. The van der Waals surface area contributed by atoms with Crippen molar-refractivity contribution in [3.05, 3.63) is 41.4 Å². The highest BCUT2D eigenvalue weighted by Gasteiger charge is 2.24. The highest BCUT2D eigenvalue weighted by Crippen LogP contribution is 2.38. The van der Waals surface area contributed by atoms with Gasteiger partial charge in [0.05, 0.1) is 37.2 Å². The van der Waals surface area contributed by atoms with Gasteiger partial charge in [-0.05, 0) is 18.6 Å². The Balaban J connectivity index is 1.78. The lowest BCUT2D eigenvalue weighted by Gasteiger charge is -2.23. The second kappa shape index (κ2) is 8.76. The van der Waals surface area contributed by atoms with E-state index in [2.05, 4.69) is 18.3 Å². The molecule has 1 amide bonds. The first-order valence-electron chi connectivity index (χ1n) is 8.75. The molecule has 5 nitrogen and oxygen atoms in total. The average molecular weight is 407 g/mol. The van der Waals surface area contributed by atoms with E-state index >= 15 is 0 Å². The maximum atomic E-state index is 13.0. The zero-order valence-corrected chi connectivity index (χ0v) is 17.2. The summed E-state index contributed by atoms with van der Waals surface area (Å²) >= 11 is 7.96. The molecule has 1 atom stereocenters. The molecule has 1 unspecified atom stereocenters. The number of amides is 1. The summed E-state index contributed by atoms with van der Waals surface area (Å²) in [7, 11) is 3.12. The van der Waals surface area contributed by atoms with E-state index in [0.717, 1.165) is 17.0 Å². The Morgan fingerprint density at radius 2 is 2.00 bits per heavy atom. The van der Waals surface area contributed by atoms with Gasteiger partial charge in [0.15, 0.2) is 0 Å². The van der Waals surface area contributed by atoms with Crippen LogP contribution in [0.4, 0.5) is 11.4 Å². The van der Waals surface area contributed by atoms with Crippen molar-refractivity contribution in [3.8, 4) is 11.5 Å². The molecule has 1 aliphatic heterocycles. The van der Waals surface area contributed by atoms with Gasteiger partial charge >= 0.3 is 0 Å². The van der Waals surface area contributed by atoms with Crippen molar-refractivity contribution in [1.29, 1.82) is 0 Å². The SMILES string of the molecule is COc1cc(NCC(=O)N2CCC(C)Sc3ccccc32)c(OC)cc1Cl. The summed E-state index contributed by atoms with van der Waals surface area (Å²) in [6.07, 6.45) is 0.948. The maximum Gasteiger partial charge on any atom is 0.246 e. The van der Waals surface area contributed by atoms with Crippen LogP contribution in [0.1, 0.15) is 13.3 Å². The van der Waals surface area contributed by atoms with E-state index in [4.69, 9.17) is 21.1 Å². The molecule has 0 radical (unpaired) electrons. The predicted octanol–water partition coefficient (Wildman–Crippen LogP) is 4.69. The summed E-state index contributed by atoms with van der Waals surface area (Å²) in [5, 5.41) is 4.09. The Morgan fingerprint density at radius 1 is 1.26 bits per heavy atom. The number of fused-ring (bicyclic) bond motifs is 1. The largest absolute Gasteiger partial charge is 0.495 e. The van der Waals surface area contributed by atoms with Crippen molar-refractivity contribution in [2.45, 2.75) is 23.5 Å². The van der Waals surface area contributed by atoms with Crippen LogP contribution in [0.3, 0.4) is 0 Å². The fourth-order valence-electron chi connectivity index (χ4n) is 3.01. The second-order valence-electron chi connectivity index (χ2n) is 6.27. The summed E-state index contributed by atoms with van der Waals surface area (Å²) < 4.78 is 10.6. The minimum absolute atomic E-state index is 0.00752. The molecule has 0 saturated carbocycles. The van der Waals surface area contributed by atoms with Gasteiger partial charge in [-0.3, -0.25) is 4.79 Å². The third kappa shape index (κ3) is 4.45. The summed E-state index contributed by atoms with van der Waals surface area (Å²) in [6, 6.07) is 11.5. The van der Waals surface area contributed by atoms with Gasteiger partial charge < -0.3 is 19.7 Å². The van der Waals surface area contributed by atoms with E-state index in [1.807, 2.05) is 34.9 Å². The van der Waals surface area contributed by atoms with Gasteiger partial charge in [0.25, 0.3) is 0 Å². The molecule has 1 aliphatic rings. The second-order valence-corrected chi connectivity index (χ2v) is 8.16. The van der Waals surface area contributed by atoms with Crippen LogP contribution in [0.2, 0.25) is 5.02 Å². The smallest absolute Gasteiger partial charge is 0.246 e. The molecule has 2 aromatic rings. The van der Waals surface area contributed by atoms with Crippen LogP contribution in [0.5, 0.6) is 11.5 Å². The lowest BCUT2D eigenvalue weighted by Crippen LogP contribution is -2.36. The quantitative estimate of drug-likeness (QED) is 0.780. The Hall–Kier alpha value is -2.05. The molecule has 3 rings (SSSR count). The third-order valence-corrected chi connectivity index (χ3v) is 5.98. The summed E-state index contributed by atoms with van der Waals surface area (Å²) in [4.78, 5) is 16.0. The molecule has 0 spiro atoms. The van der Waals surface area contributed by atoms with Crippen molar-refractivity contribution in [3.63, 3.8) is 0 Å². The Labute approximate surface area is 169 Å². The monoisotopic (exact) mass is 406 g/mol. The molecule has 27 heavy (non-hydrogen) atoms. The van der Waals surface area contributed by atoms with E-state index in [-0.39, 0.29) is 12.5 Å². The Bertz CT molecular complexity index is 831. The number of nitrogens with one attached hydrogen (secondary N) is 1. The standard InChI is InChI=1S/C20H23ClN2O3S/c1-13-8-9-23(16-6-4-5-7-19(16)27-13)20(24)12-22-15-11-17(25-2)14(21)10-18(15)26-3/h4-7,10-11,13,22H,8-9,12H2,1-3H3. The fraction of sp³-hybridized carbons (Fsp3) is 0.350. The number of benzene rings is 2. The van der Waals surface area contributed by atoms with Crippen molar-refractivity contribution in [1.82, 2.24) is 0 Å². The highest BCUT2D eigenvalue weighted by atomic mass is 35.5. The highest BCUT2D eigenvalue weighted by molar-refractivity contribution is 8.00. The lowest BCUT2D eigenvalue weighted by atomic mass is 10.2. The fourth-order valence-corrected chi connectivity index (χ4v) is 4.35. The molecule has 0 bridgehead atoms. The number of carbonyl (C=O) groups is 1. The molecule has 1 N–H and O–H groups in total. The minimum Gasteiger partial charge on any atom is -0.495 e. The normalized spacial score (nSPS) is 16.3. The lowest BCUT2D eigenvalue weighted by molar-refractivity contribution is -0.117. The van der Waals surface area contributed by atoms with Crippen LogP contribution < -0.4 is 19.7 Å². The third-order valence-electron chi connectivity index (χ3n) is 4.45. The van der Waals surface area contributed by atoms with Gasteiger partial charge in [-0.2, -0.15) is 0 Å². The van der Waals surface area contributed by atoms with Gasteiger partial charge in [-0.15, -0.1) is 11.8 Å². The maximum absolute atomic E-state index is 13.0. The number of nitrogens with zero attached hydrogens (tertiary/aromatic N) is 1. The summed E-state index contributed by atoms with van der Waals surface area (Å²) in [6.45, 7) is 3.04. The van der Waals surface area contributed by atoms with Crippen molar-refractivity contribution in [2.24, 2.45) is 0 Å². The molecular formula is C20H23ClN2O3S. The first kappa shape index (κ1) is 19.7. The minimum atomic E-state index is 0.00752. The molecule has 2 aromatic carbocycles. The van der Waals surface area contributed by atoms with Crippen LogP contribution in [-0.4, -0.2) is 38.5 Å². The molecule has 0 saturated heterocycles. The van der Waals surface area contributed by atoms with Crippen LogP contribution in [0.15, 0.2) is 41.3 Å². The van der Waals surface area contributed by atoms with E-state index in [1.165, 1.54) is 0 Å². The van der Waals surface area contributed by atoms with E-state index < -0.39 is 0 Å². The van der Waals surface area contributed by atoms with E-state index in [1.54, 1.807) is 26.4 Å². The average Bonchev–Trinajstić information content (AvgIpc) is 2.84. The number of hydrogen-bond acceptors (Lipinski definition) is 5. The zero-order valence-electron chi connectivity index (χ0n) is 15.6. The molecule has 7 heteroatoms. The number of rotatable bonds is 5. The number of methoxy groups -OCH3 is 2. The van der Waals surface area contributed by atoms with Crippen molar-refractivity contribution >= 4 is 40.6 Å². The number of hydrogen-bond donors (Lipinski definition) is 1. The summed E-state index contributed by atoms with van der Waals surface area (Å²) in [5.41, 5.74) is 1.64. The number of anilines is 2. The molecule has 0 fully saturated rings. The van der Waals surface area contributed by atoms with Gasteiger partial charge in [-0.1, -0.05) is 30.7 Å². The van der Waals surface area contributed by atoms with Gasteiger partial charge in [0, 0.05) is 28.8 Å². The van der Waals surface area contributed by atoms with Gasteiger partial charge in [0.2, 0.25) is 5.91 Å². The zero-order chi connectivity index (χ0) is 19.4. The first-order valence-corrected chi connectivity index (χ1v) is 10.0. The number of carbonyl (C=O) groups excluding carboxylic acids is 1. The van der Waals surface area contributed by atoms with Gasteiger partial charge in [0.1, 0.15) is 11.5 Å². The first-order chi connectivity index (χ1) is 13.0. The molecular weight excluding hydrogens is 384 g/mol. The van der Waals surface area contributed by atoms with Crippen molar-refractivity contribution < 1.29 is 14.3 Å². The predicted molar refractivity (Wildman–Crippen MR) is 112 cm³/mol. The molecule has 144 valence electrons. The molecule has 0 aliphatic carbocycles. The van der Waals surface area contributed by atoms with Crippen LogP contribution >= 0.6 is 23.4 Å². The van der Waals surface area contributed by atoms with Crippen LogP contribution in [0.25, 0.3) is 0 Å². The Morgan fingerprint density at radius 3 is 2.74 bits per heavy atom. The van der Waals surface area contributed by atoms with Crippen LogP contribution in [-0.2, 0) is 4.79 Å².